The van der Waals surface area contributed by atoms with Gasteiger partial charge in [-0.05, 0) is 48.0 Å². The molecule has 0 atom stereocenters. The number of benzene rings is 3. The standard InChI is InChI=1S/C23H20N2O6S/c1-29-20-5-3-2-4-19(20)25-32(27,28)18-10-6-16(7-11-18)8-13-23(26)24-17-9-12-21-22(14-17)31-15-30-21/h2-14,25H,15H2,1H3,(H,24,26). The first-order valence-corrected chi connectivity index (χ1v) is 11.1. The van der Waals surface area contributed by atoms with Crippen LogP contribution in [0.25, 0.3) is 6.08 Å². The van der Waals surface area contributed by atoms with E-state index in [1.807, 2.05) is 0 Å². The number of carbonyl (C=O) groups is 1. The summed E-state index contributed by atoms with van der Waals surface area (Å²) in [7, 11) is -2.33. The van der Waals surface area contributed by atoms with Crippen molar-refractivity contribution in [1.82, 2.24) is 0 Å². The zero-order valence-corrected chi connectivity index (χ0v) is 17.9. The second kappa shape index (κ2) is 9.03. The van der Waals surface area contributed by atoms with Crippen molar-refractivity contribution in [3.8, 4) is 17.2 Å². The molecule has 0 saturated heterocycles. The third-order valence-corrected chi connectivity index (χ3v) is 5.99. The van der Waals surface area contributed by atoms with Crippen LogP contribution in [0.15, 0.2) is 77.7 Å². The van der Waals surface area contributed by atoms with Crippen LogP contribution >= 0.6 is 0 Å². The van der Waals surface area contributed by atoms with E-state index < -0.39 is 10.0 Å². The lowest BCUT2D eigenvalue weighted by Crippen LogP contribution is -2.13. The molecule has 0 aromatic heterocycles. The Morgan fingerprint density at radius 1 is 1.00 bits per heavy atom. The Morgan fingerprint density at radius 2 is 1.75 bits per heavy atom. The van der Waals surface area contributed by atoms with E-state index in [4.69, 9.17) is 14.2 Å². The number of sulfonamides is 1. The summed E-state index contributed by atoms with van der Waals surface area (Å²) in [4.78, 5) is 12.3. The number of hydrogen-bond acceptors (Lipinski definition) is 6. The molecule has 0 spiro atoms. The van der Waals surface area contributed by atoms with Gasteiger partial charge in [0.25, 0.3) is 10.0 Å². The van der Waals surface area contributed by atoms with Crippen molar-refractivity contribution in [1.29, 1.82) is 0 Å². The fourth-order valence-electron chi connectivity index (χ4n) is 3.02. The summed E-state index contributed by atoms with van der Waals surface area (Å²) in [5.74, 6) is 1.29. The number of hydrogen-bond donors (Lipinski definition) is 2. The quantitative estimate of drug-likeness (QED) is 0.528. The SMILES string of the molecule is COc1ccccc1NS(=O)(=O)c1ccc(C=CC(=O)Nc2ccc3c(c2)OCO3)cc1. The van der Waals surface area contributed by atoms with Gasteiger partial charge in [0, 0.05) is 17.8 Å². The average molecular weight is 452 g/mol. The predicted molar refractivity (Wildman–Crippen MR) is 120 cm³/mol. The molecule has 8 nitrogen and oxygen atoms in total. The molecule has 4 rings (SSSR count). The Labute approximate surface area is 185 Å². The molecule has 0 fully saturated rings. The molecule has 0 radical (unpaired) electrons. The number of anilines is 2. The Hall–Kier alpha value is -3.98. The van der Waals surface area contributed by atoms with E-state index in [0.29, 0.717) is 34.2 Å². The van der Waals surface area contributed by atoms with Crippen molar-refractivity contribution in [3.05, 3.63) is 78.4 Å². The summed E-state index contributed by atoms with van der Waals surface area (Å²) in [6.45, 7) is 0.159. The maximum absolute atomic E-state index is 12.7. The lowest BCUT2D eigenvalue weighted by molar-refractivity contribution is -0.111. The molecule has 1 aliphatic heterocycles. The van der Waals surface area contributed by atoms with Gasteiger partial charge < -0.3 is 19.5 Å². The minimum absolute atomic E-state index is 0.0883. The maximum Gasteiger partial charge on any atom is 0.262 e. The normalized spacial score (nSPS) is 12.5. The van der Waals surface area contributed by atoms with E-state index in [1.165, 1.54) is 25.3 Å². The summed E-state index contributed by atoms with van der Waals surface area (Å²) in [5.41, 5.74) is 1.59. The number of fused-ring (bicyclic) bond motifs is 1. The molecule has 2 N–H and O–H groups in total. The Morgan fingerprint density at radius 3 is 2.53 bits per heavy atom. The van der Waals surface area contributed by atoms with E-state index in [1.54, 1.807) is 60.7 Å². The molecule has 3 aromatic carbocycles. The first kappa shape index (κ1) is 21.3. The highest BCUT2D eigenvalue weighted by Crippen LogP contribution is 2.34. The van der Waals surface area contributed by atoms with Crippen LogP contribution in [0, 0.1) is 0 Å². The smallest absolute Gasteiger partial charge is 0.262 e. The van der Waals surface area contributed by atoms with Gasteiger partial charge in [-0.3, -0.25) is 9.52 Å². The van der Waals surface area contributed by atoms with Gasteiger partial charge in [0.2, 0.25) is 12.7 Å². The van der Waals surface area contributed by atoms with Crippen LogP contribution in [0.1, 0.15) is 5.56 Å². The Balaban J connectivity index is 1.40. The van der Waals surface area contributed by atoms with Gasteiger partial charge in [0.1, 0.15) is 5.75 Å². The zero-order valence-electron chi connectivity index (χ0n) is 17.1. The Bertz CT molecular complexity index is 1270. The highest BCUT2D eigenvalue weighted by molar-refractivity contribution is 7.92. The lowest BCUT2D eigenvalue weighted by atomic mass is 10.2. The number of methoxy groups -OCH3 is 1. The Kier molecular flexibility index (Phi) is 6.00. The maximum atomic E-state index is 12.7. The number of para-hydroxylation sites is 2. The molecular formula is C23H20N2O6S. The molecule has 0 saturated carbocycles. The second-order valence-corrected chi connectivity index (χ2v) is 8.45. The number of amides is 1. The third kappa shape index (κ3) is 4.84. The van der Waals surface area contributed by atoms with E-state index in [-0.39, 0.29) is 17.6 Å². The van der Waals surface area contributed by atoms with Gasteiger partial charge in [0.15, 0.2) is 11.5 Å². The minimum atomic E-state index is -3.80. The van der Waals surface area contributed by atoms with Crippen molar-refractivity contribution < 1.29 is 27.4 Å². The summed E-state index contributed by atoms with van der Waals surface area (Å²) in [6.07, 6.45) is 2.95. The molecule has 32 heavy (non-hydrogen) atoms. The average Bonchev–Trinajstić information content (AvgIpc) is 3.26. The van der Waals surface area contributed by atoms with E-state index in [9.17, 15) is 13.2 Å². The summed E-state index contributed by atoms with van der Waals surface area (Å²) in [5, 5.41) is 2.74. The van der Waals surface area contributed by atoms with Gasteiger partial charge in [-0.15, -0.1) is 0 Å². The molecule has 1 heterocycles. The minimum Gasteiger partial charge on any atom is -0.495 e. The molecular weight excluding hydrogens is 432 g/mol. The number of rotatable bonds is 7. The van der Waals surface area contributed by atoms with E-state index >= 15 is 0 Å². The predicted octanol–water partition coefficient (Wildman–Crippen LogP) is 3.88. The third-order valence-electron chi connectivity index (χ3n) is 4.61. The van der Waals surface area contributed by atoms with Crippen LogP contribution in [0.4, 0.5) is 11.4 Å². The largest absolute Gasteiger partial charge is 0.495 e. The number of ether oxygens (including phenoxy) is 3. The second-order valence-electron chi connectivity index (χ2n) is 6.77. The summed E-state index contributed by atoms with van der Waals surface area (Å²) >= 11 is 0. The van der Waals surface area contributed by atoms with Crippen LogP contribution in [0.2, 0.25) is 0 Å². The zero-order chi connectivity index (χ0) is 22.6. The first-order chi connectivity index (χ1) is 15.4. The molecule has 9 heteroatoms. The summed E-state index contributed by atoms with van der Waals surface area (Å²) < 4.78 is 43.5. The van der Waals surface area contributed by atoms with Crippen LogP contribution in [0.3, 0.4) is 0 Å². The van der Waals surface area contributed by atoms with Crippen molar-refractivity contribution >= 4 is 33.4 Å². The van der Waals surface area contributed by atoms with Crippen molar-refractivity contribution in [2.45, 2.75) is 4.90 Å². The molecule has 0 aliphatic carbocycles. The first-order valence-electron chi connectivity index (χ1n) is 9.59. The number of carbonyl (C=O) groups excluding carboxylic acids is 1. The highest BCUT2D eigenvalue weighted by Gasteiger charge is 2.16. The van der Waals surface area contributed by atoms with E-state index in [2.05, 4.69) is 10.0 Å². The van der Waals surface area contributed by atoms with Crippen molar-refractivity contribution in [3.63, 3.8) is 0 Å². The molecule has 1 aliphatic rings. The topological polar surface area (TPSA) is 103 Å². The van der Waals surface area contributed by atoms with Crippen LogP contribution in [0.5, 0.6) is 17.2 Å². The van der Waals surface area contributed by atoms with Crippen molar-refractivity contribution in [2.24, 2.45) is 0 Å². The fourth-order valence-corrected chi connectivity index (χ4v) is 4.09. The molecule has 164 valence electrons. The fraction of sp³-hybridized carbons (Fsp3) is 0.0870. The molecule has 3 aromatic rings. The van der Waals surface area contributed by atoms with Gasteiger partial charge in [-0.1, -0.05) is 24.3 Å². The molecule has 0 bridgehead atoms. The van der Waals surface area contributed by atoms with Gasteiger partial charge in [-0.2, -0.15) is 0 Å². The summed E-state index contributed by atoms with van der Waals surface area (Å²) in [6, 6.07) is 18.0. The lowest BCUT2D eigenvalue weighted by Gasteiger charge is -2.11. The monoisotopic (exact) mass is 452 g/mol. The van der Waals surface area contributed by atoms with Crippen LogP contribution < -0.4 is 24.2 Å². The van der Waals surface area contributed by atoms with Crippen LogP contribution in [-0.4, -0.2) is 28.2 Å². The number of nitrogens with one attached hydrogen (secondary N) is 2. The van der Waals surface area contributed by atoms with Crippen molar-refractivity contribution in [2.75, 3.05) is 23.9 Å². The van der Waals surface area contributed by atoms with E-state index in [0.717, 1.165) is 0 Å². The highest BCUT2D eigenvalue weighted by atomic mass is 32.2. The van der Waals surface area contributed by atoms with Gasteiger partial charge in [-0.25, -0.2) is 8.42 Å². The molecule has 0 unspecified atom stereocenters. The molecule has 1 amide bonds. The van der Waals surface area contributed by atoms with Gasteiger partial charge >= 0.3 is 0 Å². The van der Waals surface area contributed by atoms with Gasteiger partial charge in [0.05, 0.1) is 17.7 Å². The van der Waals surface area contributed by atoms with Crippen LogP contribution in [-0.2, 0) is 14.8 Å².